The summed E-state index contributed by atoms with van der Waals surface area (Å²) in [6.07, 6.45) is 1.95. The van der Waals surface area contributed by atoms with Gasteiger partial charge in [-0.05, 0) is 41.2 Å². The van der Waals surface area contributed by atoms with Gasteiger partial charge in [-0.15, -0.1) is 0 Å². The first-order chi connectivity index (χ1) is 7.47. The number of nitrogens with one attached hydrogen (secondary N) is 1. The van der Waals surface area contributed by atoms with Gasteiger partial charge in [0.15, 0.2) is 0 Å². The quantitative estimate of drug-likeness (QED) is 0.905. The van der Waals surface area contributed by atoms with Gasteiger partial charge in [0.25, 0.3) is 0 Å². The van der Waals surface area contributed by atoms with E-state index in [1.54, 1.807) is 36.0 Å². The molecule has 0 spiro atoms. The minimum absolute atomic E-state index is 0.0768. The Morgan fingerprint density at radius 2 is 2.06 bits per heavy atom. The number of sulfonamides is 1. The smallest absolute Gasteiger partial charge is 0.207 e. The summed E-state index contributed by atoms with van der Waals surface area (Å²) in [6, 6.07) is 6.71. The first-order valence-corrected chi connectivity index (χ1v) is 8.40. The van der Waals surface area contributed by atoms with Crippen molar-refractivity contribution >= 4 is 37.7 Å². The predicted octanol–water partition coefficient (Wildman–Crippen LogP) is 2.48. The fourth-order valence-corrected chi connectivity index (χ4v) is 4.21. The molecule has 0 heterocycles. The Bertz CT molecular complexity index is 448. The maximum Gasteiger partial charge on any atom is 0.241 e. The first-order valence-electron chi connectivity index (χ1n) is 4.73. The van der Waals surface area contributed by atoms with Crippen LogP contribution in [-0.4, -0.2) is 26.5 Å². The highest BCUT2D eigenvalue weighted by molar-refractivity contribution is 9.10. The minimum Gasteiger partial charge on any atom is -0.207 e. The Labute approximate surface area is 109 Å². The fourth-order valence-electron chi connectivity index (χ4n) is 1.28. The number of benzene rings is 1. The maximum atomic E-state index is 12.0. The van der Waals surface area contributed by atoms with Crippen LogP contribution in [-0.2, 0) is 10.0 Å². The summed E-state index contributed by atoms with van der Waals surface area (Å²) in [5, 5.41) is 0. The zero-order valence-corrected chi connectivity index (χ0v) is 12.3. The molecule has 1 aromatic rings. The summed E-state index contributed by atoms with van der Waals surface area (Å²) in [7, 11) is -3.42. The summed E-state index contributed by atoms with van der Waals surface area (Å²) in [5.41, 5.74) is 0. The zero-order chi connectivity index (χ0) is 12.2. The van der Waals surface area contributed by atoms with Gasteiger partial charge in [0, 0.05) is 16.3 Å². The van der Waals surface area contributed by atoms with Crippen molar-refractivity contribution < 1.29 is 8.42 Å². The van der Waals surface area contributed by atoms with Crippen LogP contribution < -0.4 is 4.72 Å². The van der Waals surface area contributed by atoms with Crippen molar-refractivity contribution in [3.63, 3.8) is 0 Å². The van der Waals surface area contributed by atoms with Crippen LogP contribution in [0.15, 0.2) is 33.6 Å². The van der Waals surface area contributed by atoms with Gasteiger partial charge in [0.05, 0.1) is 4.90 Å². The molecule has 0 bridgehead atoms. The molecule has 0 radical (unpaired) electrons. The third kappa shape index (κ3) is 3.76. The van der Waals surface area contributed by atoms with E-state index in [4.69, 9.17) is 0 Å². The van der Waals surface area contributed by atoms with Crippen LogP contribution in [0.25, 0.3) is 0 Å². The minimum atomic E-state index is -3.42. The highest BCUT2D eigenvalue weighted by Crippen LogP contribution is 2.21. The van der Waals surface area contributed by atoms with Crippen LogP contribution in [0.4, 0.5) is 0 Å². The topological polar surface area (TPSA) is 46.2 Å². The van der Waals surface area contributed by atoms with Gasteiger partial charge in [0.2, 0.25) is 10.0 Å². The molecule has 0 aliphatic rings. The van der Waals surface area contributed by atoms with Gasteiger partial charge in [-0.3, -0.25) is 0 Å². The Hall–Kier alpha value is -0.0400. The van der Waals surface area contributed by atoms with Crippen LogP contribution in [0.3, 0.4) is 0 Å². The molecule has 0 fully saturated rings. The average molecular weight is 324 g/mol. The van der Waals surface area contributed by atoms with Gasteiger partial charge in [0.1, 0.15) is 0 Å². The van der Waals surface area contributed by atoms with E-state index >= 15 is 0 Å². The summed E-state index contributed by atoms with van der Waals surface area (Å²) >= 11 is 4.85. The third-order valence-corrected chi connectivity index (χ3v) is 5.33. The van der Waals surface area contributed by atoms with E-state index in [1.807, 2.05) is 13.2 Å². The molecule has 6 heteroatoms. The average Bonchev–Trinajstić information content (AvgIpc) is 2.17. The van der Waals surface area contributed by atoms with Gasteiger partial charge in [-0.1, -0.05) is 12.1 Å². The number of rotatable bonds is 5. The standard InChI is InChI=1S/C10H14BrNO2S2/c1-8(7-15-2)12-16(13,14)10-6-4-3-5-9(10)11/h3-6,8,12H,7H2,1-2H3. The van der Waals surface area contributed by atoms with Gasteiger partial charge in [-0.25, -0.2) is 13.1 Å². The Morgan fingerprint density at radius 3 is 2.62 bits per heavy atom. The Balaban J connectivity index is 2.91. The molecule has 3 nitrogen and oxygen atoms in total. The number of thioether (sulfide) groups is 1. The molecule has 0 amide bonds. The lowest BCUT2D eigenvalue weighted by Gasteiger charge is -2.13. The second-order valence-corrected chi connectivity index (χ2v) is 6.86. The first kappa shape index (κ1) is 14.0. The van der Waals surface area contributed by atoms with Crippen molar-refractivity contribution in [1.82, 2.24) is 4.72 Å². The number of hydrogen-bond acceptors (Lipinski definition) is 3. The van der Waals surface area contributed by atoms with Crippen molar-refractivity contribution in [3.8, 4) is 0 Å². The van der Waals surface area contributed by atoms with Crippen molar-refractivity contribution in [2.75, 3.05) is 12.0 Å². The SMILES string of the molecule is CSCC(C)NS(=O)(=O)c1ccccc1Br. The van der Waals surface area contributed by atoms with E-state index in [-0.39, 0.29) is 10.9 Å². The van der Waals surface area contributed by atoms with Crippen LogP contribution >= 0.6 is 27.7 Å². The van der Waals surface area contributed by atoms with Crippen LogP contribution in [0.5, 0.6) is 0 Å². The third-order valence-electron chi connectivity index (χ3n) is 1.90. The summed E-state index contributed by atoms with van der Waals surface area (Å²) in [4.78, 5) is 0.281. The van der Waals surface area contributed by atoms with Crippen LogP contribution in [0, 0.1) is 0 Å². The fraction of sp³-hybridized carbons (Fsp3) is 0.400. The van der Waals surface area contributed by atoms with E-state index in [2.05, 4.69) is 20.7 Å². The van der Waals surface area contributed by atoms with Gasteiger partial charge in [-0.2, -0.15) is 11.8 Å². The molecule has 0 saturated carbocycles. The van der Waals surface area contributed by atoms with E-state index in [0.717, 1.165) is 5.75 Å². The van der Waals surface area contributed by atoms with E-state index < -0.39 is 10.0 Å². The molecular formula is C10H14BrNO2S2. The molecule has 0 aliphatic carbocycles. The molecule has 1 unspecified atom stereocenters. The maximum absolute atomic E-state index is 12.0. The molecule has 90 valence electrons. The Kier molecular flexibility index (Phi) is 5.30. The highest BCUT2D eigenvalue weighted by atomic mass is 79.9. The van der Waals surface area contributed by atoms with E-state index in [1.165, 1.54) is 0 Å². The molecule has 0 aliphatic heterocycles. The van der Waals surface area contributed by atoms with Crippen LogP contribution in [0.2, 0.25) is 0 Å². The normalized spacial score (nSPS) is 13.7. The molecule has 16 heavy (non-hydrogen) atoms. The second kappa shape index (κ2) is 6.05. The monoisotopic (exact) mass is 323 g/mol. The van der Waals surface area contributed by atoms with Crippen LogP contribution in [0.1, 0.15) is 6.92 Å². The molecule has 0 aromatic heterocycles. The van der Waals surface area contributed by atoms with Crippen molar-refractivity contribution in [2.24, 2.45) is 0 Å². The zero-order valence-electron chi connectivity index (χ0n) is 9.10. The largest absolute Gasteiger partial charge is 0.241 e. The van der Waals surface area contributed by atoms with Crippen molar-refractivity contribution in [3.05, 3.63) is 28.7 Å². The highest BCUT2D eigenvalue weighted by Gasteiger charge is 2.19. The molecule has 1 rings (SSSR count). The van der Waals surface area contributed by atoms with E-state index in [0.29, 0.717) is 4.47 Å². The second-order valence-electron chi connectivity index (χ2n) is 3.41. The number of hydrogen-bond donors (Lipinski definition) is 1. The summed E-state index contributed by atoms with van der Waals surface area (Å²) < 4.78 is 27.2. The lowest BCUT2D eigenvalue weighted by atomic mass is 10.4. The predicted molar refractivity (Wildman–Crippen MR) is 72.3 cm³/mol. The van der Waals surface area contributed by atoms with Crippen molar-refractivity contribution in [2.45, 2.75) is 17.9 Å². The lowest BCUT2D eigenvalue weighted by Crippen LogP contribution is -2.34. The van der Waals surface area contributed by atoms with Crippen molar-refractivity contribution in [1.29, 1.82) is 0 Å². The molecule has 1 atom stereocenters. The summed E-state index contributed by atoms with van der Waals surface area (Å²) in [5.74, 6) is 0.754. The number of halogens is 1. The van der Waals surface area contributed by atoms with Gasteiger partial charge >= 0.3 is 0 Å². The Morgan fingerprint density at radius 1 is 1.44 bits per heavy atom. The molecular weight excluding hydrogens is 310 g/mol. The molecule has 0 saturated heterocycles. The molecule has 1 aromatic carbocycles. The summed E-state index contributed by atoms with van der Waals surface area (Å²) in [6.45, 7) is 1.85. The van der Waals surface area contributed by atoms with Gasteiger partial charge < -0.3 is 0 Å². The lowest BCUT2D eigenvalue weighted by molar-refractivity contribution is 0.570. The molecule has 1 N–H and O–H groups in total. The van der Waals surface area contributed by atoms with E-state index in [9.17, 15) is 8.42 Å².